The average molecular weight is 244 g/mol. The Morgan fingerprint density at radius 2 is 2.28 bits per heavy atom. The van der Waals surface area contributed by atoms with Crippen molar-refractivity contribution in [3.63, 3.8) is 0 Å². The van der Waals surface area contributed by atoms with Crippen LogP contribution in [0.5, 0.6) is 11.6 Å². The topological polar surface area (TPSA) is 105 Å². The van der Waals surface area contributed by atoms with E-state index in [4.69, 9.17) is 10.00 Å². The van der Waals surface area contributed by atoms with Gasteiger partial charge in [0, 0.05) is 11.8 Å². The normalized spacial score (nSPS) is 9.78. The number of nitro groups is 1. The Kier molecular flexibility index (Phi) is 2.93. The lowest BCUT2D eigenvalue weighted by Crippen LogP contribution is -1.93. The van der Waals surface area contributed by atoms with Crippen LogP contribution < -0.4 is 4.74 Å². The van der Waals surface area contributed by atoms with E-state index >= 15 is 0 Å². The minimum atomic E-state index is -0.624. The summed E-state index contributed by atoms with van der Waals surface area (Å²) in [6, 6.07) is 7.43. The second-order valence-corrected chi connectivity index (χ2v) is 3.54. The second-order valence-electron chi connectivity index (χ2n) is 3.54. The summed E-state index contributed by atoms with van der Waals surface area (Å²) in [7, 11) is 0. The number of aromatic amines is 1. The molecule has 0 fully saturated rings. The number of benzene rings is 1. The van der Waals surface area contributed by atoms with E-state index in [2.05, 4.69) is 10.2 Å². The molecule has 1 N–H and O–H groups in total. The lowest BCUT2D eigenvalue weighted by molar-refractivity contribution is -0.385. The number of aromatic nitrogens is 2. The Morgan fingerprint density at radius 3 is 2.83 bits per heavy atom. The van der Waals surface area contributed by atoms with E-state index in [9.17, 15) is 10.1 Å². The minimum Gasteiger partial charge on any atom is -0.437 e. The van der Waals surface area contributed by atoms with Crippen LogP contribution in [-0.2, 0) is 0 Å². The summed E-state index contributed by atoms with van der Waals surface area (Å²) in [5.41, 5.74) is 0.515. The molecule has 0 saturated heterocycles. The largest absolute Gasteiger partial charge is 0.437 e. The van der Waals surface area contributed by atoms with Crippen molar-refractivity contribution in [2.45, 2.75) is 6.92 Å². The fraction of sp³-hybridized carbons (Fsp3) is 0.0909. The number of H-pyrrole nitrogens is 1. The van der Waals surface area contributed by atoms with Crippen LogP contribution in [0.25, 0.3) is 0 Å². The molecule has 0 atom stereocenters. The smallest absolute Gasteiger partial charge is 0.290 e. The standard InChI is InChI=1S/C11H8N4O3/c1-7-4-11(14-13-7)18-9-3-2-8(6-12)10(5-9)15(16)17/h2-5H,1H3,(H,13,14). The van der Waals surface area contributed by atoms with Crippen LogP contribution in [0.15, 0.2) is 24.3 Å². The molecule has 90 valence electrons. The molecule has 0 saturated carbocycles. The monoisotopic (exact) mass is 244 g/mol. The van der Waals surface area contributed by atoms with Crippen LogP contribution in [-0.4, -0.2) is 15.1 Å². The van der Waals surface area contributed by atoms with Gasteiger partial charge in [-0.15, -0.1) is 5.10 Å². The summed E-state index contributed by atoms with van der Waals surface area (Å²) in [4.78, 5) is 10.1. The van der Waals surface area contributed by atoms with Gasteiger partial charge >= 0.3 is 0 Å². The van der Waals surface area contributed by atoms with Gasteiger partial charge in [0.05, 0.1) is 11.0 Å². The first-order valence-corrected chi connectivity index (χ1v) is 4.98. The fourth-order valence-electron chi connectivity index (χ4n) is 1.39. The van der Waals surface area contributed by atoms with Crippen molar-refractivity contribution in [3.05, 3.63) is 45.6 Å². The summed E-state index contributed by atoms with van der Waals surface area (Å²) in [6.45, 7) is 1.81. The van der Waals surface area contributed by atoms with E-state index in [1.165, 1.54) is 18.2 Å². The molecule has 1 aromatic heterocycles. The number of hydrogen-bond donors (Lipinski definition) is 1. The minimum absolute atomic E-state index is 0.00874. The highest BCUT2D eigenvalue weighted by Gasteiger charge is 2.15. The number of nitriles is 1. The SMILES string of the molecule is Cc1cc(Oc2ccc(C#N)c([N+](=O)[O-])c2)n[nH]1. The number of nitro benzene ring substituents is 1. The summed E-state index contributed by atoms with van der Waals surface area (Å²) >= 11 is 0. The summed E-state index contributed by atoms with van der Waals surface area (Å²) in [5, 5.41) is 26.0. The molecular formula is C11H8N4O3. The lowest BCUT2D eigenvalue weighted by atomic mass is 10.2. The Morgan fingerprint density at radius 1 is 1.50 bits per heavy atom. The lowest BCUT2D eigenvalue weighted by Gasteiger charge is -2.02. The van der Waals surface area contributed by atoms with Crippen LogP contribution in [0.1, 0.15) is 11.3 Å². The van der Waals surface area contributed by atoms with E-state index in [0.29, 0.717) is 5.88 Å². The molecule has 2 aromatic rings. The predicted octanol–water partition coefficient (Wildman–Crippen LogP) is 2.29. The van der Waals surface area contributed by atoms with Gasteiger partial charge in [0.2, 0.25) is 5.88 Å². The molecule has 7 heteroatoms. The highest BCUT2D eigenvalue weighted by Crippen LogP contribution is 2.27. The molecule has 7 nitrogen and oxygen atoms in total. The zero-order valence-electron chi connectivity index (χ0n) is 9.38. The number of nitrogens with zero attached hydrogens (tertiary/aromatic N) is 3. The van der Waals surface area contributed by atoms with Gasteiger partial charge in [0.15, 0.2) is 0 Å². The zero-order valence-corrected chi connectivity index (χ0v) is 9.38. The molecule has 0 aliphatic carbocycles. The molecular weight excluding hydrogens is 236 g/mol. The highest BCUT2D eigenvalue weighted by molar-refractivity contribution is 5.52. The Bertz CT molecular complexity index is 642. The van der Waals surface area contributed by atoms with Crippen LogP contribution in [0.4, 0.5) is 5.69 Å². The highest BCUT2D eigenvalue weighted by atomic mass is 16.6. The molecule has 1 heterocycles. The van der Waals surface area contributed by atoms with Crippen LogP contribution in [0, 0.1) is 28.4 Å². The van der Waals surface area contributed by atoms with E-state index in [1.54, 1.807) is 19.1 Å². The van der Waals surface area contributed by atoms with Gasteiger partial charge in [0.25, 0.3) is 5.69 Å². The number of ether oxygens (including phenoxy) is 1. The third-order valence-corrected chi connectivity index (χ3v) is 2.19. The second kappa shape index (κ2) is 4.55. The van der Waals surface area contributed by atoms with Crippen molar-refractivity contribution >= 4 is 5.69 Å². The van der Waals surface area contributed by atoms with Crippen molar-refractivity contribution < 1.29 is 9.66 Å². The number of hydrogen-bond acceptors (Lipinski definition) is 5. The molecule has 0 bridgehead atoms. The van der Waals surface area contributed by atoms with Gasteiger partial charge in [-0.25, -0.2) is 0 Å². The van der Waals surface area contributed by atoms with Crippen molar-refractivity contribution in [2.75, 3.05) is 0 Å². The van der Waals surface area contributed by atoms with E-state index in [1.807, 2.05) is 0 Å². The Labute approximate surface area is 102 Å². The van der Waals surface area contributed by atoms with Crippen molar-refractivity contribution in [1.82, 2.24) is 10.2 Å². The third kappa shape index (κ3) is 2.27. The molecule has 1 aromatic carbocycles. The molecule has 0 spiro atoms. The van der Waals surface area contributed by atoms with Gasteiger partial charge in [0.1, 0.15) is 17.4 Å². The zero-order chi connectivity index (χ0) is 13.1. The fourth-order valence-corrected chi connectivity index (χ4v) is 1.39. The predicted molar refractivity (Wildman–Crippen MR) is 61.2 cm³/mol. The molecule has 18 heavy (non-hydrogen) atoms. The summed E-state index contributed by atoms with van der Waals surface area (Å²) in [5.74, 6) is 0.568. The first-order valence-electron chi connectivity index (χ1n) is 4.98. The van der Waals surface area contributed by atoms with E-state index in [-0.39, 0.29) is 17.0 Å². The maximum absolute atomic E-state index is 10.8. The van der Waals surface area contributed by atoms with Crippen LogP contribution >= 0.6 is 0 Å². The molecule has 0 amide bonds. The van der Waals surface area contributed by atoms with Crippen molar-refractivity contribution in [2.24, 2.45) is 0 Å². The van der Waals surface area contributed by atoms with Crippen molar-refractivity contribution in [3.8, 4) is 17.7 Å². The summed E-state index contributed by atoms with van der Waals surface area (Å²) < 4.78 is 5.33. The van der Waals surface area contributed by atoms with E-state index in [0.717, 1.165) is 5.69 Å². The number of aryl methyl sites for hydroxylation is 1. The van der Waals surface area contributed by atoms with Crippen LogP contribution in [0.3, 0.4) is 0 Å². The molecule has 0 aliphatic heterocycles. The quantitative estimate of drug-likeness (QED) is 0.658. The van der Waals surface area contributed by atoms with E-state index < -0.39 is 4.92 Å². The maximum Gasteiger partial charge on any atom is 0.290 e. The first-order chi connectivity index (χ1) is 8.60. The Hall–Kier alpha value is -2.88. The van der Waals surface area contributed by atoms with Gasteiger partial charge in [-0.3, -0.25) is 15.2 Å². The first kappa shape index (κ1) is 11.6. The molecule has 0 aliphatic rings. The third-order valence-electron chi connectivity index (χ3n) is 2.19. The van der Waals surface area contributed by atoms with Gasteiger partial charge in [-0.2, -0.15) is 5.26 Å². The number of rotatable bonds is 3. The molecule has 0 radical (unpaired) electrons. The average Bonchev–Trinajstić information content (AvgIpc) is 2.74. The number of nitrogens with one attached hydrogen (secondary N) is 1. The molecule has 0 unspecified atom stereocenters. The summed E-state index contributed by atoms with van der Waals surface area (Å²) in [6.07, 6.45) is 0. The van der Waals surface area contributed by atoms with Gasteiger partial charge in [-0.05, 0) is 19.1 Å². The van der Waals surface area contributed by atoms with Crippen molar-refractivity contribution in [1.29, 1.82) is 5.26 Å². The Balaban J connectivity index is 2.33. The van der Waals surface area contributed by atoms with Gasteiger partial charge in [-0.1, -0.05) is 0 Å². The molecule has 2 rings (SSSR count). The van der Waals surface area contributed by atoms with Crippen LogP contribution in [0.2, 0.25) is 0 Å². The maximum atomic E-state index is 10.8. The van der Waals surface area contributed by atoms with Gasteiger partial charge < -0.3 is 4.74 Å².